The minimum Gasteiger partial charge on any atom is -0.313 e. The van der Waals surface area contributed by atoms with Crippen LogP contribution >= 0.6 is 0 Å². The predicted molar refractivity (Wildman–Crippen MR) is 34.1 cm³/mol. The molecule has 1 aliphatic carbocycles. The maximum atomic E-state index is 12.7. The fourth-order valence-corrected chi connectivity index (χ4v) is 2.08. The number of fused-ring (bicyclic) bond motifs is 2. The second-order valence-corrected chi connectivity index (χ2v) is 3.47. The largest absolute Gasteiger partial charge is 0.313 e. The minimum atomic E-state index is -2.38. The summed E-state index contributed by atoms with van der Waals surface area (Å²) in [5.41, 5.74) is 0. The molecule has 3 heteroatoms. The molecule has 1 nitrogen and oxygen atoms in total. The fourth-order valence-electron chi connectivity index (χ4n) is 2.08. The van der Waals surface area contributed by atoms with Gasteiger partial charge in [0, 0.05) is 18.9 Å². The van der Waals surface area contributed by atoms with E-state index in [2.05, 4.69) is 5.32 Å². The Kier molecular flexibility index (Phi) is 1.24. The van der Waals surface area contributed by atoms with Crippen LogP contribution in [0.1, 0.15) is 19.3 Å². The summed E-state index contributed by atoms with van der Waals surface area (Å²) in [4.78, 5) is 0. The Morgan fingerprint density at radius 3 is 2.80 bits per heavy atom. The lowest BCUT2D eigenvalue weighted by atomic mass is 9.88. The molecule has 0 amide bonds. The zero-order valence-electron chi connectivity index (χ0n) is 5.74. The fraction of sp³-hybridized carbons (Fsp3) is 1.00. The second kappa shape index (κ2) is 1.91. The highest BCUT2D eigenvalue weighted by Crippen LogP contribution is 2.39. The van der Waals surface area contributed by atoms with E-state index in [0.29, 0.717) is 0 Å². The first-order valence-electron chi connectivity index (χ1n) is 3.77. The molecule has 0 aromatic carbocycles. The van der Waals surface area contributed by atoms with Gasteiger partial charge in [0.2, 0.25) is 5.92 Å². The van der Waals surface area contributed by atoms with E-state index in [1.165, 1.54) is 0 Å². The number of alkyl halides is 2. The van der Waals surface area contributed by atoms with Crippen molar-refractivity contribution in [3.05, 3.63) is 0 Å². The SMILES string of the molecule is FC1(F)CC2CNC(C2)C1. The normalized spacial score (nSPS) is 43.8. The highest BCUT2D eigenvalue weighted by atomic mass is 19.3. The first-order chi connectivity index (χ1) is 4.66. The van der Waals surface area contributed by atoms with Gasteiger partial charge in [-0.15, -0.1) is 0 Å². The Hall–Kier alpha value is -0.180. The summed E-state index contributed by atoms with van der Waals surface area (Å²) in [6.45, 7) is 0.806. The Bertz CT molecular complexity index is 133. The Morgan fingerprint density at radius 1 is 1.30 bits per heavy atom. The van der Waals surface area contributed by atoms with Crippen molar-refractivity contribution in [2.24, 2.45) is 5.92 Å². The molecular weight excluding hydrogens is 136 g/mol. The van der Waals surface area contributed by atoms with E-state index in [-0.39, 0.29) is 24.8 Å². The first kappa shape index (κ1) is 6.53. The highest BCUT2D eigenvalue weighted by molar-refractivity contribution is 4.93. The highest BCUT2D eigenvalue weighted by Gasteiger charge is 2.44. The first-order valence-corrected chi connectivity index (χ1v) is 3.77. The summed E-state index contributed by atoms with van der Waals surface area (Å²) in [6, 6.07) is 0.105. The van der Waals surface area contributed by atoms with Crippen LogP contribution in [0.2, 0.25) is 0 Å². The van der Waals surface area contributed by atoms with Gasteiger partial charge in [0.1, 0.15) is 0 Å². The van der Waals surface area contributed by atoms with Crippen molar-refractivity contribution in [2.75, 3.05) is 6.54 Å². The van der Waals surface area contributed by atoms with E-state index in [1.54, 1.807) is 0 Å². The average Bonchev–Trinajstić information content (AvgIpc) is 2.08. The Morgan fingerprint density at radius 2 is 2.10 bits per heavy atom. The van der Waals surface area contributed by atoms with Crippen molar-refractivity contribution in [3.8, 4) is 0 Å². The number of halogens is 2. The molecule has 0 spiro atoms. The van der Waals surface area contributed by atoms with Crippen LogP contribution in [-0.2, 0) is 0 Å². The summed E-state index contributed by atoms with van der Waals surface area (Å²) in [5.74, 6) is -2.13. The van der Waals surface area contributed by atoms with Crippen molar-refractivity contribution in [1.29, 1.82) is 0 Å². The third-order valence-corrected chi connectivity index (χ3v) is 2.45. The topological polar surface area (TPSA) is 12.0 Å². The zero-order chi connectivity index (χ0) is 7.19. The van der Waals surface area contributed by atoms with Crippen molar-refractivity contribution in [2.45, 2.75) is 31.2 Å². The summed E-state index contributed by atoms with van der Waals surface area (Å²) in [7, 11) is 0. The standard InChI is InChI=1S/C7H11F2N/c8-7(9)2-5-1-6(3-7)10-4-5/h5-6,10H,1-4H2. The van der Waals surface area contributed by atoms with E-state index in [9.17, 15) is 8.78 Å². The molecule has 2 atom stereocenters. The van der Waals surface area contributed by atoms with Gasteiger partial charge >= 0.3 is 0 Å². The lowest BCUT2D eigenvalue weighted by molar-refractivity contribution is -0.0464. The van der Waals surface area contributed by atoms with Crippen LogP contribution in [0.3, 0.4) is 0 Å². The van der Waals surface area contributed by atoms with Crippen LogP contribution in [0.5, 0.6) is 0 Å². The molecule has 2 unspecified atom stereocenters. The van der Waals surface area contributed by atoms with E-state index < -0.39 is 5.92 Å². The lowest BCUT2D eigenvalue weighted by Crippen LogP contribution is -2.32. The smallest absolute Gasteiger partial charge is 0.249 e. The lowest BCUT2D eigenvalue weighted by Gasteiger charge is -2.26. The van der Waals surface area contributed by atoms with Gasteiger partial charge in [-0.2, -0.15) is 0 Å². The number of nitrogens with one attached hydrogen (secondary N) is 1. The molecule has 1 N–H and O–H groups in total. The van der Waals surface area contributed by atoms with Gasteiger partial charge in [-0.1, -0.05) is 0 Å². The van der Waals surface area contributed by atoms with E-state index >= 15 is 0 Å². The Balaban J connectivity index is 2.09. The van der Waals surface area contributed by atoms with E-state index in [4.69, 9.17) is 0 Å². The maximum Gasteiger partial charge on any atom is 0.249 e. The van der Waals surface area contributed by atoms with Crippen molar-refractivity contribution >= 4 is 0 Å². The summed E-state index contributed by atoms with van der Waals surface area (Å²) in [5, 5.41) is 3.09. The molecule has 2 bridgehead atoms. The third kappa shape index (κ3) is 1.03. The van der Waals surface area contributed by atoms with Gasteiger partial charge in [0.05, 0.1) is 0 Å². The Labute approximate surface area is 58.8 Å². The monoisotopic (exact) mass is 147 g/mol. The molecule has 2 aliphatic rings. The third-order valence-electron chi connectivity index (χ3n) is 2.45. The molecule has 58 valence electrons. The number of hydrogen-bond donors (Lipinski definition) is 1. The number of hydrogen-bond acceptors (Lipinski definition) is 1. The van der Waals surface area contributed by atoms with Crippen LogP contribution in [-0.4, -0.2) is 18.5 Å². The molecule has 1 heterocycles. The van der Waals surface area contributed by atoms with Gasteiger partial charge in [0.25, 0.3) is 0 Å². The van der Waals surface area contributed by atoms with Crippen LogP contribution in [0, 0.1) is 5.92 Å². The van der Waals surface area contributed by atoms with E-state index in [0.717, 1.165) is 13.0 Å². The van der Waals surface area contributed by atoms with Crippen molar-refractivity contribution in [3.63, 3.8) is 0 Å². The molecule has 0 aromatic heterocycles. The van der Waals surface area contributed by atoms with Crippen LogP contribution < -0.4 is 5.32 Å². The molecule has 1 saturated carbocycles. The zero-order valence-corrected chi connectivity index (χ0v) is 5.74. The van der Waals surface area contributed by atoms with Crippen molar-refractivity contribution < 1.29 is 8.78 Å². The molecule has 1 aliphatic heterocycles. The van der Waals surface area contributed by atoms with Crippen LogP contribution in [0.15, 0.2) is 0 Å². The summed E-state index contributed by atoms with van der Waals surface area (Å²) < 4.78 is 25.4. The van der Waals surface area contributed by atoms with Crippen LogP contribution in [0.4, 0.5) is 8.78 Å². The molecule has 2 fully saturated rings. The van der Waals surface area contributed by atoms with Gasteiger partial charge in [0.15, 0.2) is 0 Å². The summed E-state index contributed by atoms with van der Waals surface area (Å²) in [6.07, 6.45) is 1.13. The minimum absolute atomic E-state index is 0.0590. The average molecular weight is 147 g/mol. The van der Waals surface area contributed by atoms with Gasteiger partial charge < -0.3 is 5.32 Å². The molecule has 0 aromatic rings. The van der Waals surface area contributed by atoms with Gasteiger partial charge in [-0.25, -0.2) is 8.78 Å². The van der Waals surface area contributed by atoms with Gasteiger partial charge in [-0.3, -0.25) is 0 Å². The molecule has 10 heavy (non-hydrogen) atoms. The van der Waals surface area contributed by atoms with Gasteiger partial charge in [-0.05, 0) is 18.9 Å². The molecule has 1 saturated heterocycles. The van der Waals surface area contributed by atoms with Crippen molar-refractivity contribution in [1.82, 2.24) is 5.32 Å². The molecular formula is C7H11F2N. The molecule has 2 rings (SSSR count). The number of rotatable bonds is 0. The van der Waals surface area contributed by atoms with Crippen LogP contribution in [0.25, 0.3) is 0 Å². The summed E-state index contributed by atoms with van der Waals surface area (Å²) >= 11 is 0. The second-order valence-electron chi connectivity index (χ2n) is 3.47. The quantitative estimate of drug-likeness (QED) is 0.546. The van der Waals surface area contributed by atoms with E-state index in [1.807, 2.05) is 0 Å². The maximum absolute atomic E-state index is 12.7. The molecule has 0 radical (unpaired) electrons. The predicted octanol–water partition coefficient (Wildman–Crippen LogP) is 1.39.